The van der Waals surface area contributed by atoms with Crippen molar-refractivity contribution in [2.75, 3.05) is 7.05 Å². The third-order valence-corrected chi connectivity index (χ3v) is 4.71. The summed E-state index contributed by atoms with van der Waals surface area (Å²) in [5, 5.41) is 12.4. The second kappa shape index (κ2) is 8.46. The molecule has 0 radical (unpaired) electrons. The minimum Gasteiger partial charge on any atom is -0.477 e. The molecule has 0 bridgehead atoms. The number of halogens is 4. The molecule has 0 saturated heterocycles. The van der Waals surface area contributed by atoms with Crippen LogP contribution in [0.25, 0.3) is 22.2 Å². The summed E-state index contributed by atoms with van der Waals surface area (Å²) in [6, 6.07) is 4.25. The van der Waals surface area contributed by atoms with E-state index in [0.717, 1.165) is 0 Å². The fraction of sp³-hybridized carbons (Fsp3) is 0.250. The monoisotopic (exact) mass is 455 g/mol. The van der Waals surface area contributed by atoms with Crippen LogP contribution in [0.5, 0.6) is 5.75 Å². The number of hydrogen-bond donors (Lipinski definition) is 4. The molecular weight excluding hydrogens is 438 g/mol. The quantitative estimate of drug-likeness (QED) is 0.335. The molecule has 0 fully saturated rings. The van der Waals surface area contributed by atoms with E-state index in [9.17, 15) is 37.1 Å². The van der Waals surface area contributed by atoms with E-state index in [1.54, 1.807) is 7.05 Å². The lowest BCUT2D eigenvalue weighted by Crippen LogP contribution is -2.31. The fourth-order valence-corrected chi connectivity index (χ4v) is 3.33. The zero-order valence-corrected chi connectivity index (χ0v) is 16.7. The minimum absolute atomic E-state index is 0.0560. The number of aromatic nitrogens is 2. The number of aromatic carboxylic acids is 1. The van der Waals surface area contributed by atoms with Crippen molar-refractivity contribution in [2.45, 2.75) is 26.1 Å². The van der Waals surface area contributed by atoms with Gasteiger partial charge in [-0.25, -0.2) is 14.0 Å². The summed E-state index contributed by atoms with van der Waals surface area (Å²) < 4.78 is 57.1. The predicted molar refractivity (Wildman–Crippen MR) is 105 cm³/mol. The largest absolute Gasteiger partial charge is 0.491 e. The molecule has 0 amide bonds. The van der Waals surface area contributed by atoms with Crippen molar-refractivity contribution in [1.82, 2.24) is 15.3 Å². The number of alkyl halides is 3. The molecule has 0 saturated carbocycles. The van der Waals surface area contributed by atoms with E-state index >= 15 is 0 Å². The fourth-order valence-electron chi connectivity index (χ4n) is 3.33. The summed E-state index contributed by atoms with van der Waals surface area (Å²) >= 11 is 0. The van der Waals surface area contributed by atoms with Crippen LogP contribution in [0.3, 0.4) is 0 Å². The molecule has 0 spiro atoms. The molecular formula is C20H17F4N3O5. The average molecular weight is 455 g/mol. The molecule has 2 aromatic heterocycles. The van der Waals surface area contributed by atoms with E-state index in [2.05, 4.69) is 20.0 Å². The number of rotatable bonds is 6. The van der Waals surface area contributed by atoms with Crippen molar-refractivity contribution >= 4 is 22.8 Å². The van der Waals surface area contributed by atoms with Crippen molar-refractivity contribution < 1.29 is 37.0 Å². The highest BCUT2D eigenvalue weighted by atomic mass is 19.4. The Morgan fingerprint density at radius 1 is 1.22 bits per heavy atom. The van der Waals surface area contributed by atoms with Crippen LogP contribution in [-0.4, -0.2) is 40.2 Å². The maximum absolute atomic E-state index is 14.5. The molecule has 1 aromatic carbocycles. The minimum atomic E-state index is -5.41. The van der Waals surface area contributed by atoms with E-state index in [-0.39, 0.29) is 40.9 Å². The summed E-state index contributed by atoms with van der Waals surface area (Å²) in [7, 11) is 1.63. The van der Waals surface area contributed by atoms with Crippen molar-refractivity contribution in [3.63, 3.8) is 0 Å². The first-order chi connectivity index (χ1) is 15.0. The van der Waals surface area contributed by atoms with Crippen LogP contribution >= 0.6 is 0 Å². The molecule has 2 heterocycles. The Kier molecular flexibility index (Phi) is 6.08. The number of carboxylic acids is 1. The third-order valence-electron chi connectivity index (χ3n) is 4.71. The zero-order valence-electron chi connectivity index (χ0n) is 16.7. The van der Waals surface area contributed by atoms with Gasteiger partial charge in [-0.3, -0.25) is 4.79 Å². The maximum Gasteiger partial charge on any atom is 0.491 e. The number of nitrogens with one attached hydrogen (secondary N) is 3. The molecule has 4 N–H and O–H groups in total. The molecule has 170 valence electrons. The van der Waals surface area contributed by atoms with Crippen LogP contribution in [0.15, 0.2) is 23.0 Å². The molecule has 0 unspecified atom stereocenters. The Morgan fingerprint density at radius 3 is 2.47 bits per heavy atom. The molecule has 3 aromatic rings. The van der Waals surface area contributed by atoms with Gasteiger partial charge in [-0.2, -0.15) is 13.2 Å². The van der Waals surface area contributed by atoms with Gasteiger partial charge < -0.3 is 25.1 Å². The molecule has 0 atom stereocenters. The van der Waals surface area contributed by atoms with E-state index < -0.39 is 40.8 Å². The number of esters is 1. The number of benzene rings is 1. The SMILES string of the molecule is CCc1c(-c2ccc3c(F)c(CNC)[nH]c3c2)[nH]c(=O)c(C(=O)O)c1OC(=O)C(F)(F)F. The second-order valence-electron chi connectivity index (χ2n) is 6.77. The highest BCUT2D eigenvalue weighted by Crippen LogP contribution is 2.34. The number of ether oxygens (including phenoxy) is 1. The Morgan fingerprint density at radius 2 is 1.91 bits per heavy atom. The number of fused-ring (bicyclic) bond motifs is 1. The van der Waals surface area contributed by atoms with Crippen LogP contribution in [0.2, 0.25) is 0 Å². The van der Waals surface area contributed by atoms with Crippen molar-refractivity contribution in [3.8, 4) is 17.0 Å². The summed E-state index contributed by atoms with van der Waals surface area (Å²) in [6.07, 6.45) is -5.50. The molecule has 8 nitrogen and oxygen atoms in total. The average Bonchev–Trinajstić information content (AvgIpc) is 3.01. The number of pyridine rings is 1. The van der Waals surface area contributed by atoms with Gasteiger partial charge in [-0.1, -0.05) is 13.0 Å². The van der Waals surface area contributed by atoms with Crippen LogP contribution in [0.1, 0.15) is 28.5 Å². The van der Waals surface area contributed by atoms with Crippen LogP contribution in [0, 0.1) is 5.82 Å². The summed E-state index contributed by atoms with van der Waals surface area (Å²) in [5.74, 6) is -6.01. The molecule has 12 heteroatoms. The lowest BCUT2D eigenvalue weighted by Gasteiger charge is -2.16. The summed E-state index contributed by atoms with van der Waals surface area (Å²) in [4.78, 5) is 40.5. The second-order valence-corrected chi connectivity index (χ2v) is 6.77. The Bertz CT molecular complexity index is 1280. The van der Waals surface area contributed by atoms with Crippen molar-refractivity contribution in [3.05, 3.63) is 51.2 Å². The standard InChI is InChI=1S/C20H17F4N3O5/c1-3-9-15(8-4-5-10-11(6-8)26-12(7-25-2)14(10)21)27-17(28)13(18(29)30)16(9)32-19(31)20(22,23)24/h4-6,25-26H,3,7H2,1-2H3,(H,27,28)(H,29,30). The van der Waals surface area contributed by atoms with Crippen LogP contribution < -0.4 is 15.6 Å². The van der Waals surface area contributed by atoms with Gasteiger partial charge in [-0.05, 0) is 25.6 Å². The zero-order chi connectivity index (χ0) is 23.8. The summed E-state index contributed by atoms with van der Waals surface area (Å²) in [5.41, 5.74) is -1.74. The number of hydrogen-bond acceptors (Lipinski definition) is 5. The topological polar surface area (TPSA) is 124 Å². The highest BCUT2D eigenvalue weighted by Gasteiger charge is 2.43. The molecule has 32 heavy (non-hydrogen) atoms. The van der Waals surface area contributed by atoms with Gasteiger partial charge in [0.15, 0.2) is 17.1 Å². The Balaban J connectivity index is 2.26. The lowest BCUT2D eigenvalue weighted by atomic mass is 9.99. The van der Waals surface area contributed by atoms with Crippen molar-refractivity contribution in [1.29, 1.82) is 0 Å². The van der Waals surface area contributed by atoms with Gasteiger partial charge in [0.1, 0.15) is 0 Å². The first kappa shape index (κ1) is 23.0. The van der Waals surface area contributed by atoms with Gasteiger partial charge in [-0.15, -0.1) is 0 Å². The highest BCUT2D eigenvalue weighted by molar-refractivity contribution is 5.94. The summed E-state index contributed by atoms with van der Waals surface area (Å²) in [6.45, 7) is 1.68. The Labute approximate surface area is 177 Å². The van der Waals surface area contributed by atoms with Crippen LogP contribution in [0.4, 0.5) is 17.6 Å². The van der Waals surface area contributed by atoms with Gasteiger partial charge in [0.2, 0.25) is 0 Å². The smallest absolute Gasteiger partial charge is 0.477 e. The van der Waals surface area contributed by atoms with E-state index in [0.29, 0.717) is 5.52 Å². The lowest BCUT2D eigenvalue weighted by molar-refractivity contribution is -0.189. The number of carbonyl (C=O) groups is 2. The third kappa shape index (κ3) is 4.08. The number of H-pyrrole nitrogens is 2. The number of carboxylic acid groups (broad SMARTS) is 1. The Hall–Kier alpha value is -3.67. The number of aromatic amines is 2. The molecule has 0 aliphatic carbocycles. The molecule has 0 aliphatic heterocycles. The normalized spacial score (nSPS) is 11.7. The van der Waals surface area contributed by atoms with Gasteiger partial charge in [0.25, 0.3) is 5.56 Å². The van der Waals surface area contributed by atoms with Crippen LogP contribution in [-0.2, 0) is 17.8 Å². The van der Waals surface area contributed by atoms with Crippen molar-refractivity contribution in [2.24, 2.45) is 0 Å². The number of carbonyl (C=O) groups excluding carboxylic acids is 1. The van der Waals surface area contributed by atoms with E-state index in [4.69, 9.17) is 0 Å². The first-order valence-corrected chi connectivity index (χ1v) is 9.26. The van der Waals surface area contributed by atoms with Gasteiger partial charge in [0, 0.05) is 28.6 Å². The van der Waals surface area contributed by atoms with E-state index in [1.165, 1.54) is 25.1 Å². The van der Waals surface area contributed by atoms with Gasteiger partial charge >= 0.3 is 18.1 Å². The first-order valence-electron chi connectivity index (χ1n) is 9.26. The van der Waals surface area contributed by atoms with Gasteiger partial charge in [0.05, 0.1) is 11.4 Å². The predicted octanol–water partition coefficient (Wildman–Crippen LogP) is 3.11. The molecule has 0 aliphatic rings. The maximum atomic E-state index is 14.5. The van der Waals surface area contributed by atoms with E-state index in [1.807, 2.05) is 0 Å². The molecule has 3 rings (SSSR count).